The Morgan fingerprint density at radius 2 is 2.25 bits per heavy atom. The molecule has 1 saturated carbocycles. The van der Waals surface area contributed by atoms with Gasteiger partial charge < -0.3 is 15.1 Å². The van der Waals surface area contributed by atoms with E-state index in [0.29, 0.717) is 19.1 Å². The molecule has 0 aromatic carbocycles. The first-order chi connectivity index (χ1) is 7.84. The molecule has 0 unspecified atom stereocenters. The van der Waals surface area contributed by atoms with Crippen molar-refractivity contribution >= 4 is 5.91 Å². The molecule has 0 aliphatic heterocycles. The molecule has 4 heteroatoms. The first-order valence-electron chi connectivity index (χ1n) is 5.87. The van der Waals surface area contributed by atoms with Crippen LogP contribution in [0.4, 0.5) is 0 Å². The predicted octanol–water partition coefficient (Wildman–Crippen LogP) is 1.43. The van der Waals surface area contributed by atoms with E-state index in [1.807, 2.05) is 12.1 Å². The van der Waals surface area contributed by atoms with Gasteiger partial charge in [0.15, 0.2) is 0 Å². The van der Waals surface area contributed by atoms with Crippen molar-refractivity contribution in [2.45, 2.75) is 38.3 Å². The van der Waals surface area contributed by atoms with E-state index < -0.39 is 0 Å². The molecule has 1 aromatic heterocycles. The van der Waals surface area contributed by atoms with Gasteiger partial charge in [0.2, 0.25) is 5.91 Å². The minimum absolute atomic E-state index is 0.0308. The Morgan fingerprint density at radius 3 is 2.94 bits per heavy atom. The summed E-state index contributed by atoms with van der Waals surface area (Å²) in [6.07, 6.45) is 6.58. The van der Waals surface area contributed by atoms with E-state index in [1.165, 1.54) is 25.7 Å². The maximum Gasteiger partial charge on any atom is 0.234 e. The van der Waals surface area contributed by atoms with Gasteiger partial charge in [0.1, 0.15) is 5.76 Å². The number of amides is 1. The summed E-state index contributed by atoms with van der Waals surface area (Å²) < 4.78 is 5.13. The number of hydrogen-bond acceptors (Lipinski definition) is 3. The van der Waals surface area contributed by atoms with Gasteiger partial charge in [0.25, 0.3) is 0 Å². The topological polar surface area (TPSA) is 54.3 Å². The van der Waals surface area contributed by atoms with Crippen LogP contribution in [0, 0.1) is 0 Å². The van der Waals surface area contributed by atoms with Crippen molar-refractivity contribution in [3.63, 3.8) is 0 Å². The fraction of sp³-hybridized carbons (Fsp3) is 0.583. The summed E-state index contributed by atoms with van der Waals surface area (Å²) in [5.74, 6) is 0.817. The van der Waals surface area contributed by atoms with Crippen LogP contribution in [-0.2, 0) is 11.3 Å². The predicted molar refractivity (Wildman–Crippen MR) is 60.8 cm³/mol. The monoisotopic (exact) mass is 222 g/mol. The van der Waals surface area contributed by atoms with E-state index in [2.05, 4.69) is 10.6 Å². The molecule has 1 heterocycles. The van der Waals surface area contributed by atoms with Crippen LogP contribution in [0.1, 0.15) is 31.4 Å². The largest absolute Gasteiger partial charge is 0.467 e. The highest BCUT2D eigenvalue weighted by Gasteiger charge is 2.15. The normalized spacial score (nSPS) is 16.5. The minimum Gasteiger partial charge on any atom is -0.467 e. The SMILES string of the molecule is O=C(CNC1CCCC1)NCc1ccco1. The zero-order valence-corrected chi connectivity index (χ0v) is 9.37. The van der Waals surface area contributed by atoms with Crippen molar-refractivity contribution in [1.82, 2.24) is 10.6 Å². The first kappa shape index (κ1) is 11.2. The van der Waals surface area contributed by atoms with Crippen molar-refractivity contribution in [2.75, 3.05) is 6.54 Å². The molecule has 88 valence electrons. The smallest absolute Gasteiger partial charge is 0.234 e. The van der Waals surface area contributed by atoms with Gasteiger partial charge >= 0.3 is 0 Å². The fourth-order valence-corrected chi connectivity index (χ4v) is 2.03. The van der Waals surface area contributed by atoms with E-state index in [9.17, 15) is 4.79 Å². The molecule has 0 saturated heterocycles. The van der Waals surface area contributed by atoms with Crippen molar-refractivity contribution in [3.8, 4) is 0 Å². The van der Waals surface area contributed by atoms with Gasteiger partial charge in [-0.15, -0.1) is 0 Å². The molecule has 0 radical (unpaired) electrons. The molecule has 4 nitrogen and oxygen atoms in total. The minimum atomic E-state index is 0.0308. The maximum atomic E-state index is 11.5. The van der Waals surface area contributed by atoms with E-state index in [4.69, 9.17) is 4.42 Å². The molecule has 1 fully saturated rings. The van der Waals surface area contributed by atoms with Gasteiger partial charge in [-0.2, -0.15) is 0 Å². The van der Waals surface area contributed by atoms with Crippen LogP contribution in [0.15, 0.2) is 22.8 Å². The highest BCUT2D eigenvalue weighted by atomic mass is 16.3. The van der Waals surface area contributed by atoms with Crippen molar-refractivity contribution < 1.29 is 9.21 Å². The number of carbonyl (C=O) groups excluding carboxylic acids is 1. The van der Waals surface area contributed by atoms with Crippen LogP contribution >= 0.6 is 0 Å². The molecule has 1 aliphatic carbocycles. The summed E-state index contributed by atoms with van der Waals surface area (Å²) in [4.78, 5) is 11.5. The fourth-order valence-electron chi connectivity index (χ4n) is 2.03. The summed E-state index contributed by atoms with van der Waals surface area (Å²) in [5.41, 5.74) is 0. The zero-order valence-electron chi connectivity index (χ0n) is 9.37. The van der Waals surface area contributed by atoms with E-state index in [1.54, 1.807) is 6.26 Å². The average Bonchev–Trinajstić information content (AvgIpc) is 2.96. The molecule has 2 rings (SSSR count). The summed E-state index contributed by atoms with van der Waals surface area (Å²) in [6.45, 7) is 0.879. The summed E-state index contributed by atoms with van der Waals surface area (Å²) in [5, 5.41) is 6.08. The quantitative estimate of drug-likeness (QED) is 0.792. The molecule has 0 bridgehead atoms. The molecule has 1 aliphatic rings. The Kier molecular flexibility index (Phi) is 3.99. The maximum absolute atomic E-state index is 11.5. The molecule has 0 atom stereocenters. The van der Waals surface area contributed by atoms with Gasteiger partial charge in [-0.3, -0.25) is 4.79 Å². The zero-order chi connectivity index (χ0) is 11.2. The van der Waals surface area contributed by atoms with Gasteiger partial charge in [0, 0.05) is 6.04 Å². The highest BCUT2D eigenvalue weighted by Crippen LogP contribution is 2.17. The standard InChI is InChI=1S/C12H18N2O2/c15-12(9-13-10-4-1-2-5-10)14-8-11-6-3-7-16-11/h3,6-7,10,13H,1-2,4-5,8-9H2,(H,14,15). The number of rotatable bonds is 5. The van der Waals surface area contributed by atoms with Gasteiger partial charge in [-0.25, -0.2) is 0 Å². The van der Waals surface area contributed by atoms with Crippen LogP contribution in [0.2, 0.25) is 0 Å². The lowest BCUT2D eigenvalue weighted by Gasteiger charge is -2.11. The second kappa shape index (κ2) is 5.70. The number of nitrogens with one attached hydrogen (secondary N) is 2. The summed E-state index contributed by atoms with van der Waals surface area (Å²) >= 11 is 0. The number of hydrogen-bond donors (Lipinski definition) is 2. The third-order valence-electron chi connectivity index (χ3n) is 2.95. The third-order valence-corrected chi connectivity index (χ3v) is 2.95. The lowest BCUT2D eigenvalue weighted by atomic mass is 10.2. The van der Waals surface area contributed by atoms with Crippen LogP contribution in [0.25, 0.3) is 0 Å². The number of furan rings is 1. The Balaban J connectivity index is 1.60. The van der Waals surface area contributed by atoms with Gasteiger partial charge in [0.05, 0.1) is 19.4 Å². The second-order valence-electron chi connectivity index (χ2n) is 4.22. The number of carbonyl (C=O) groups is 1. The lowest BCUT2D eigenvalue weighted by molar-refractivity contribution is -0.120. The van der Waals surface area contributed by atoms with Crippen LogP contribution in [0.3, 0.4) is 0 Å². The van der Waals surface area contributed by atoms with Crippen molar-refractivity contribution in [3.05, 3.63) is 24.2 Å². The molecular formula is C12H18N2O2. The van der Waals surface area contributed by atoms with Crippen LogP contribution < -0.4 is 10.6 Å². The van der Waals surface area contributed by atoms with E-state index in [0.717, 1.165) is 5.76 Å². The Hall–Kier alpha value is -1.29. The molecule has 1 amide bonds. The molecular weight excluding hydrogens is 204 g/mol. The highest BCUT2D eigenvalue weighted by molar-refractivity contribution is 5.77. The van der Waals surface area contributed by atoms with Crippen LogP contribution in [-0.4, -0.2) is 18.5 Å². The Bertz CT molecular complexity index is 316. The van der Waals surface area contributed by atoms with Gasteiger partial charge in [-0.1, -0.05) is 12.8 Å². The summed E-state index contributed by atoms with van der Waals surface area (Å²) in [6, 6.07) is 4.21. The molecule has 16 heavy (non-hydrogen) atoms. The van der Waals surface area contributed by atoms with Crippen molar-refractivity contribution in [1.29, 1.82) is 0 Å². The van der Waals surface area contributed by atoms with Gasteiger partial charge in [-0.05, 0) is 25.0 Å². The molecule has 0 spiro atoms. The van der Waals surface area contributed by atoms with E-state index in [-0.39, 0.29) is 5.91 Å². The summed E-state index contributed by atoms with van der Waals surface area (Å²) in [7, 11) is 0. The van der Waals surface area contributed by atoms with Crippen molar-refractivity contribution in [2.24, 2.45) is 0 Å². The molecule has 1 aromatic rings. The Morgan fingerprint density at radius 1 is 1.44 bits per heavy atom. The second-order valence-corrected chi connectivity index (χ2v) is 4.22. The lowest BCUT2D eigenvalue weighted by Crippen LogP contribution is -2.37. The third kappa shape index (κ3) is 3.38. The Labute approximate surface area is 95.4 Å². The van der Waals surface area contributed by atoms with Crippen LogP contribution in [0.5, 0.6) is 0 Å². The molecule has 2 N–H and O–H groups in total. The first-order valence-corrected chi connectivity index (χ1v) is 5.87. The average molecular weight is 222 g/mol. The van der Waals surface area contributed by atoms with E-state index >= 15 is 0 Å².